The van der Waals surface area contributed by atoms with Crippen molar-refractivity contribution in [1.82, 2.24) is 15.1 Å². The van der Waals surface area contributed by atoms with Crippen LogP contribution in [0.3, 0.4) is 0 Å². The second-order valence-corrected chi connectivity index (χ2v) is 7.35. The number of nitrogens with one attached hydrogen (secondary N) is 1. The SMILES string of the molecule is CC(C)(C#N)c1ccccc1CN1CCC[C@H](N2CCNC2=O)C1. The molecule has 2 aliphatic rings. The topological polar surface area (TPSA) is 59.4 Å². The minimum atomic E-state index is -0.485. The molecule has 0 radical (unpaired) electrons. The number of benzene rings is 1. The lowest BCUT2D eigenvalue weighted by Crippen LogP contribution is -2.48. The number of piperidine rings is 1. The highest BCUT2D eigenvalue weighted by atomic mass is 16.2. The Labute approximate surface area is 144 Å². The maximum absolute atomic E-state index is 11.9. The summed E-state index contributed by atoms with van der Waals surface area (Å²) in [5, 5.41) is 12.4. The van der Waals surface area contributed by atoms with Gasteiger partial charge in [0, 0.05) is 32.2 Å². The van der Waals surface area contributed by atoms with E-state index in [0.29, 0.717) is 6.04 Å². The van der Waals surface area contributed by atoms with E-state index in [4.69, 9.17) is 0 Å². The molecule has 2 heterocycles. The molecule has 2 fully saturated rings. The first kappa shape index (κ1) is 16.8. The van der Waals surface area contributed by atoms with Crippen LogP contribution in [0.5, 0.6) is 0 Å². The van der Waals surface area contributed by atoms with Gasteiger partial charge in [0.25, 0.3) is 0 Å². The summed E-state index contributed by atoms with van der Waals surface area (Å²) in [4.78, 5) is 16.3. The average molecular weight is 326 g/mol. The molecule has 128 valence electrons. The van der Waals surface area contributed by atoms with Crippen molar-refractivity contribution in [2.24, 2.45) is 0 Å². The molecular weight excluding hydrogens is 300 g/mol. The summed E-state index contributed by atoms with van der Waals surface area (Å²) in [6.45, 7) is 8.32. The Morgan fingerprint density at radius 1 is 1.33 bits per heavy atom. The van der Waals surface area contributed by atoms with Crippen LogP contribution in [0.25, 0.3) is 0 Å². The van der Waals surface area contributed by atoms with Crippen LogP contribution in [0.1, 0.15) is 37.8 Å². The number of urea groups is 1. The Hall–Kier alpha value is -2.06. The largest absolute Gasteiger partial charge is 0.336 e. The van der Waals surface area contributed by atoms with Gasteiger partial charge in [0.2, 0.25) is 0 Å². The number of hydrogen-bond donors (Lipinski definition) is 1. The molecule has 2 amide bonds. The van der Waals surface area contributed by atoms with E-state index in [2.05, 4.69) is 28.4 Å². The van der Waals surface area contributed by atoms with Crippen LogP contribution in [0.4, 0.5) is 4.79 Å². The molecule has 5 heteroatoms. The zero-order valence-electron chi connectivity index (χ0n) is 14.6. The Morgan fingerprint density at radius 3 is 2.83 bits per heavy atom. The molecule has 2 saturated heterocycles. The summed E-state index contributed by atoms with van der Waals surface area (Å²) in [5.41, 5.74) is 1.84. The van der Waals surface area contributed by atoms with E-state index in [1.165, 1.54) is 5.56 Å². The van der Waals surface area contributed by atoms with E-state index in [-0.39, 0.29) is 6.03 Å². The molecule has 1 atom stereocenters. The standard InChI is InChI=1S/C19H26N4O/c1-19(2,14-20)17-8-4-3-6-15(17)12-22-10-5-7-16(13-22)23-11-9-21-18(23)24/h3-4,6,8,16H,5,7,9-13H2,1-2H3,(H,21,24)/t16-/m0/s1. The Balaban J connectivity index is 1.73. The molecule has 24 heavy (non-hydrogen) atoms. The van der Waals surface area contributed by atoms with Gasteiger partial charge in [-0.15, -0.1) is 0 Å². The van der Waals surface area contributed by atoms with Gasteiger partial charge in [-0.05, 0) is 44.4 Å². The number of rotatable bonds is 4. The maximum atomic E-state index is 11.9. The van der Waals surface area contributed by atoms with Gasteiger partial charge in [0.1, 0.15) is 0 Å². The zero-order valence-corrected chi connectivity index (χ0v) is 14.6. The Bertz CT molecular complexity index is 649. The van der Waals surface area contributed by atoms with Gasteiger partial charge >= 0.3 is 6.03 Å². The number of nitriles is 1. The first-order chi connectivity index (χ1) is 11.5. The van der Waals surface area contributed by atoms with E-state index in [0.717, 1.165) is 51.1 Å². The summed E-state index contributed by atoms with van der Waals surface area (Å²) in [5.74, 6) is 0. The van der Waals surface area contributed by atoms with Crippen LogP contribution >= 0.6 is 0 Å². The molecule has 0 saturated carbocycles. The van der Waals surface area contributed by atoms with E-state index in [1.807, 2.05) is 30.9 Å². The molecule has 2 aliphatic heterocycles. The maximum Gasteiger partial charge on any atom is 0.317 e. The number of carbonyl (C=O) groups excluding carboxylic acids is 1. The van der Waals surface area contributed by atoms with Gasteiger partial charge in [0.05, 0.1) is 11.5 Å². The molecule has 0 bridgehead atoms. The smallest absolute Gasteiger partial charge is 0.317 e. The third-order valence-electron chi connectivity index (χ3n) is 5.18. The monoisotopic (exact) mass is 326 g/mol. The lowest BCUT2D eigenvalue weighted by Gasteiger charge is -2.37. The highest BCUT2D eigenvalue weighted by molar-refractivity contribution is 5.76. The lowest BCUT2D eigenvalue weighted by atomic mass is 9.83. The third kappa shape index (κ3) is 3.39. The number of hydrogen-bond acceptors (Lipinski definition) is 3. The van der Waals surface area contributed by atoms with E-state index < -0.39 is 5.41 Å². The molecule has 1 N–H and O–H groups in total. The molecule has 0 unspecified atom stereocenters. The second-order valence-electron chi connectivity index (χ2n) is 7.35. The summed E-state index contributed by atoms with van der Waals surface area (Å²) in [7, 11) is 0. The first-order valence-electron chi connectivity index (χ1n) is 8.78. The lowest BCUT2D eigenvalue weighted by molar-refractivity contribution is 0.121. The summed E-state index contributed by atoms with van der Waals surface area (Å²) in [6.07, 6.45) is 2.19. The number of amides is 2. The van der Waals surface area contributed by atoms with Gasteiger partial charge in [0.15, 0.2) is 0 Å². The molecular formula is C19H26N4O. The molecule has 0 aromatic heterocycles. The van der Waals surface area contributed by atoms with Crippen LogP contribution in [-0.2, 0) is 12.0 Å². The quantitative estimate of drug-likeness (QED) is 0.925. The molecule has 0 aliphatic carbocycles. The predicted octanol–water partition coefficient (Wildman–Crippen LogP) is 2.48. The van der Waals surface area contributed by atoms with Crippen molar-refractivity contribution < 1.29 is 4.79 Å². The number of carbonyl (C=O) groups is 1. The second kappa shape index (κ2) is 6.82. The highest BCUT2D eigenvalue weighted by Crippen LogP contribution is 2.28. The number of likely N-dealkylation sites (tertiary alicyclic amines) is 1. The average Bonchev–Trinajstić information content (AvgIpc) is 3.01. The van der Waals surface area contributed by atoms with Gasteiger partial charge in [-0.1, -0.05) is 24.3 Å². The van der Waals surface area contributed by atoms with E-state index in [9.17, 15) is 10.1 Å². The van der Waals surface area contributed by atoms with Crippen LogP contribution in [0.2, 0.25) is 0 Å². The fourth-order valence-electron chi connectivity index (χ4n) is 3.83. The van der Waals surface area contributed by atoms with Crippen molar-refractivity contribution in [3.63, 3.8) is 0 Å². The minimum absolute atomic E-state index is 0.0767. The Morgan fingerprint density at radius 2 is 2.12 bits per heavy atom. The van der Waals surface area contributed by atoms with Crippen LogP contribution < -0.4 is 5.32 Å². The molecule has 3 rings (SSSR count). The van der Waals surface area contributed by atoms with Gasteiger partial charge in [-0.25, -0.2) is 4.79 Å². The molecule has 1 aromatic carbocycles. The van der Waals surface area contributed by atoms with Crippen molar-refractivity contribution in [3.8, 4) is 6.07 Å². The van der Waals surface area contributed by atoms with Crippen LogP contribution in [0.15, 0.2) is 24.3 Å². The zero-order chi connectivity index (χ0) is 17.2. The van der Waals surface area contributed by atoms with Crippen molar-refractivity contribution in [2.45, 2.75) is 44.7 Å². The number of nitrogens with zero attached hydrogens (tertiary/aromatic N) is 3. The first-order valence-corrected chi connectivity index (χ1v) is 8.78. The normalized spacial score (nSPS) is 22.3. The predicted molar refractivity (Wildman–Crippen MR) is 93.5 cm³/mol. The fraction of sp³-hybridized carbons (Fsp3) is 0.579. The highest BCUT2D eigenvalue weighted by Gasteiger charge is 2.32. The minimum Gasteiger partial charge on any atom is -0.336 e. The molecule has 0 spiro atoms. The summed E-state index contributed by atoms with van der Waals surface area (Å²) >= 11 is 0. The van der Waals surface area contributed by atoms with Gasteiger partial charge < -0.3 is 10.2 Å². The summed E-state index contributed by atoms with van der Waals surface area (Å²) < 4.78 is 0. The van der Waals surface area contributed by atoms with Gasteiger partial charge in [-0.3, -0.25) is 4.90 Å². The van der Waals surface area contributed by atoms with Crippen molar-refractivity contribution in [1.29, 1.82) is 5.26 Å². The summed E-state index contributed by atoms with van der Waals surface area (Å²) in [6, 6.07) is 11.0. The Kier molecular flexibility index (Phi) is 4.77. The van der Waals surface area contributed by atoms with Crippen molar-refractivity contribution in [2.75, 3.05) is 26.2 Å². The van der Waals surface area contributed by atoms with E-state index in [1.54, 1.807) is 0 Å². The van der Waals surface area contributed by atoms with Crippen LogP contribution in [-0.4, -0.2) is 48.1 Å². The van der Waals surface area contributed by atoms with Crippen LogP contribution in [0, 0.1) is 11.3 Å². The van der Waals surface area contributed by atoms with Crippen molar-refractivity contribution in [3.05, 3.63) is 35.4 Å². The van der Waals surface area contributed by atoms with Gasteiger partial charge in [-0.2, -0.15) is 5.26 Å². The fourth-order valence-corrected chi connectivity index (χ4v) is 3.83. The molecule has 1 aromatic rings. The van der Waals surface area contributed by atoms with E-state index >= 15 is 0 Å². The molecule has 5 nitrogen and oxygen atoms in total. The third-order valence-corrected chi connectivity index (χ3v) is 5.18. The van der Waals surface area contributed by atoms with Crippen molar-refractivity contribution >= 4 is 6.03 Å².